The summed E-state index contributed by atoms with van der Waals surface area (Å²) in [4.78, 5) is 0. The fourth-order valence-electron chi connectivity index (χ4n) is 1.68. The standard InChI is InChI=1S/C19H28NO/c1-7-17(11-10-16(4)19(5,6)8-2)21-18-12-14-20(9-3)15-13-18/h7,10-15H,4,8-9H2,1-3,5-6H3/q+1/b11-10-,17-7+. The molecule has 114 valence electrons. The van der Waals surface area contributed by atoms with Crippen molar-refractivity contribution >= 4 is 0 Å². The van der Waals surface area contributed by atoms with E-state index >= 15 is 0 Å². The molecule has 0 aliphatic carbocycles. The minimum atomic E-state index is 0.120. The summed E-state index contributed by atoms with van der Waals surface area (Å²) in [6.07, 6.45) is 11.1. The van der Waals surface area contributed by atoms with Crippen LogP contribution in [0.2, 0.25) is 0 Å². The maximum atomic E-state index is 5.88. The summed E-state index contributed by atoms with van der Waals surface area (Å²) < 4.78 is 7.98. The third-order valence-electron chi connectivity index (χ3n) is 3.95. The van der Waals surface area contributed by atoms with Gasteiger partial charge >= 0.3 is 0 Å². The molecule has 0 N–H and O–H groups in total. The summed E-state index contributed by atoms with van der Waals surface area (Å²) in [5.41, 5.74) is 1.24. The zero-order valence-corrected chi connectivity index (χ0v) is 14.0. The molecule has 1 rings (SSSR count). The Morgan fingerprint density at radius 3 is 2.33 bits per heavy atom. The predicted octanol–water partition coefficient (Wildman–Crippen LogP) is 4.83. The molecule has 0 fully saturated rings. The third kappa shape index (κ3) is 5.22. The van der Waals surface area contributed by atoms with E-state index in [9.17, 15) is 0 Å². The molecule has 0 aliphatic rings. The topological polar surface area (TPSA) is 13.1 Å². The molecule has 1 aromatic heterocycles. The van der Waals surface area contributed by atoms with Crippen molar-refractivity contribution in [1.82, 2.24) is 0 Å². The molecule has 0 bridgehead atoms. The molecule has 1 heterocycles. The fourth-order valence-corrected chi connectivity index (χ4v) is 1.68. The second-order valence-electron chi connectivity index (χ2n) is 5.75. The van der Waals surface area contributed by atoms with E-state index in [0.29, 0.717) is 0 Å². The maximum Gasteiger partial charge on any atom is 0.172 e. The predicted molar refractivity (Wildman–Crippen MR) is 89.0 cm³/mol. The molecule has 0 aromatic carbocycles. The summed E-state index contributed by atoms with van der Waals surface area (Å²) in [5.74, 6) is 1.68. The normalized spacial score (nSPS) is 12.7. The molecule has 0 saturated heterocycles. The second kappa shape index (κ2) is 7.82. The van der Waals surface area contributed by atoms with Gasteiger partial charge in [-0.25, -0.2) is 4.57 Å². The highest BCUT2D eigenvalue weighted by atomic mass is 16.5. The number of hydrogen-bond acceptors (Lipinski definition) is 1. The second-order valence-corrected chi connectivity index (χ2v) is 5.75. The molecule has 0 aliphatic heterocycles. The van der Waals surface area contributed by atoms with Crippen LogP contribution in [-0.2, 0) is 6.54 Å². The first-order valence-electron chi connectivity index (χ1n) is 7.63. The number of allylic oxidation sites excluding steroid dienone is 4. The van der Waals surface area contributed by atoms with Gasteiger partial charge in [-0.3, -0.25) is 0 Å². The van der Waals surface area contributed by atoms with Gasteiger partial charge in [-0.1, -0.05) is 33.4 Å². The van der Waals surface area contributed by atoms with Crippen LogP contribution >= 0.6 is 0 Å². The first-order chi connectivity index (χ1) is 9.92. The van der Waals surface area contributed by atoms with Gasteiger partial charge < -0.3 is 4.74 Å². The first kappa shape index (κ1) is 17.2. The smallest absolute Gasteiger partial charge is 0.172 e. The minimum Gasteiger partial charge on any atom is -0.457 e. The molecule has 0 unspecified atom stereocenters. The van der Waals surface area contributed by atoms with Crippen molar-refractivity contribution in [2.24, 2.45) is 5.41 Å². The molecule has 0 spiro atoms. The van der Waals surface area contributed by atoms with Gasteiger partial charge in [0.2, 0.25) is 0 Å². The zero-order valence-electron chi connectivity index (χ0n) is 14.0. The fraction of sp³-hybridized carbons (Fsp3) is 0.421. The Morgan fingerprint density at radius 2 is 1.86 bits per heavy atom. The highest BCUT2D eigenvalue weighted by Gasteiger charge is 2.16. The Kier molecular flexibility index (Phi) is 6.41. The van der Waals surface area contributed by atoms with Crippen LogP contribution in [0.15, 0.2) is 60.7 Å². The average molecular weight is 286 g/mol. The van der Waals surface area contributed by atoms with Gasteiger partial charge in [-0.15, -0.1) is 0 Å². The molecule has 0 atom stereocenters. The number of hydrogen-bond donors (Lipinski definition) is 0. The highest BCUT2D eigenvalue weighted by Crippen LogP contribution is 2.29. The molecule has 2 nitrogen and oxygen atoms in total. The molecule has 2 heteroatoms. The molecule has 0 saturated carbocycles. The lowest BCUT2D eigenvalue weighted by Gasteiger charge is -2.23. The van der Waals surface area contributed by atoms with Gasteiger partial charge in [0.15, 0.2) is 12.4 Å². The molecule has 0 amide bonds. The molecular formula is C19H28NO+. The van der Waals surface area contributed by atoms with E-state index in [-0.39, 0.29) is 5.41 Å². The minimum absolute atomic E-state index is 0.120. The zero-order chi connectivity index (χ0) is 15.9. The number of aryl methyl sites for hydroxylation is 1. The van der Waals surface area contributed by atoms with Gasteiger partial charge in [0.1, 0.15) is 18.1 Å². The van der Waals surface area contributed by atoms with Crippen LogP contribution in [0.1, 0.15) is 41.0 Å². The van der Waals surface area contributed by atoms with Gasteiger partial charge in [0.25, 0.3) is 0 Å². The molecule has 1 aromatic rings. The summed E-state index contributed by atoms with van der Waals surface area (Å²) in [7, 11) is 0. The van der Waals surface area contributed by atoms with Gasteiger partial charge in [0, 0.05) is 12.1 Å². The van der Waals surface area contributed by atoms with E-state index in [2.05, 4.69) is 38.8 Å². The summed E-state index contributed by atoms with van der Waals surface area (Å²) in [6.45, 7) is 15.8. The summed E-state index contributed by atoms with van der Waals surface area (Å²) in [6, 6.07) is 3.96. The summed E-state index contributed by atoms with van der Waals surface area (Å²) in [5, 5.41) is 0. The van der Waals surface area contributed by atoms with Crippen LogP contribution in [0, 0.1) is 5.41 Å². The van der Waals surface area contributed by atoms with Crippen molar-refractivity contribution in [1.29, 1.82) is 0 Å². The van der Waals surface area contributed by atoms with Crippen LogP contribution < -0.4 is 9.30 Å². The van der Waals surface area contributed by atoms with Crippen LogP contribution in [0.3, 0.4) is 0 Å². The first-order valence-corrected chi connectivity index (χ1v) is 7.63. The number of pyridine rings is 1. The van der Waals surface area contributed by atoms with Crippen molar-refractivity contribution in [3.8, 4) is 5.75 Å². The molecule has 0 radical (unpaired) electrons. The lowest BCUT2D eigenvalue weighted by atomic mass is 9.82. The van der Waals surface area contributed by atoms with E-state index in [0.717, 1.165) is 30.0 Å². The SMILES string of the molecule is C=C(/C=C\C(=C/C)Oc1cc[n+](CC)cc1)C(C)(C)CC. The number of ether oxygens (including phenoxy) is 1. The van der Waals surface area contributed by atoms with E-state index in [1.807, 2.05) is 49.7 Å². The Balaban J connectivity index is 2.74. The largest absolute Gasteiger partial charge is 0.457 e. The Labute approximate surface area is 129 Å². The van der Waals surface area contributed by atoms with E-state index in [4.69, 9.17) is 4.74 Å². The highest BCUT2D eigenvalue weighted by molar-refractivity contribution is 5.29. The maximum absolute atomic E-state index is 5.88. The van der Waals surface area contributed by atoms with Gasteiger partial charge in [-0.2, -0.15) is 0 Å². The lowest BCUT2D eigenvalue weighted by Crippen LogP contribution is -2.30. The quantitative estimate of drug-likeness (QED) is 0.398. The van der Waals surface area contributed by atoms with Crippen LogP contribution in [0.25, 0.3) is 0 Å². The van der Waals surface area contributed by atoms with Crippen molar-refractivity contribution < 1.29 is 9.30 Å². The van der Waals surface area contributed by atoms with Crippen molar-refractivity contribution in [2.45, 2.75) is 47.6 Å². The van der Waals surface area contributed by atoms with Gasteiger partial charge in [-0.05, 0) is 43.4 Å². The van der Waals surface area contributed by atoms with Crippen molar-refractivity contribution in [3.05, 3.63) is 60.7 Å². The Morgan fingerprint density at radius 1 is 1.24 bits per heavy atom. The number of aromatic nitrogens is 1. The lowest BCUT2D eigenvalue weighted by molar-refractivity contribution is -0.693. The van der Waals surface area contributed by atoms with Crippen molar-refractivity contribution in [3.63, 3.8) is 0 Å². The molecular weight excluding hydrogens is 258 g/mol. The average Bonchev–Trinajstić information content (AvgIpc) is 2.51. The summed E-state index contributed by atoms with van der Waals surface area (Å²) >= 11 is 0. The Hall–Kier alpha value is -1.83. The number of nitrogens with zero attached hydrogens (tertiary/aromatic N) is 1. The monoisotopic (exact) mass is 286 g/mol. The van der Waals surface area contributed by atoms with E-state index in [1.165, 1.54) is 0 Å². The van der Waals surface area contributed by atoms with E-state index in [1.54, 1.807) is 0 Å². The van der Waals surface area contributed by atoms with Crippen LogP contribution in [0.5, 0.6) is 5.75 Å². The third-order valence-corrected chi connectivity index (χ3v) is 3.95. The molecule has 21 heavy (non-hydrogen) atoms. The Bertz CT molecular complexity index is 521. The van der Waals surface area contributed by atoms with E-state index < -0.39 is 0 Å². The van der Waals surface area contributed by atoms with Gasteiger partial charge in [0.05, 0.1) is 0 Å². The van der Waals surface area contributed by atoms with Crippen LogP contribution in [-0.4, -0.2) is 0 Å². The number of rotatable bonds is 7. The van der Waals surface area contributed by atoms with Crippen LogP contribution in [0.4, 0.5) is 0 Å². The van der Waals surface area contributed by atoms with Crippen molar-refractivity contribution in [2.75, 3.05) is 0 Å².